The van der Waals surface area contributed by atoms with Crippen molar-refractivity contribution in [2.24, 2.45) is 0 Å². The minimum absolute atomic E-state index is 0.182. The highest BCUT2D eigenvalue weighted by Crippen LogP contribution is 2.22. The van der Waals surface area contributed by atoms with Gasteiger partial charge in [-0.05, 0) is 60.5 Å². The zero-order chi connectivity index (χ0) is 19.2. The smallest absolute Gasteiger partial charge is 0.255 e. The van der Waals surface area contributed by atoms with Gasteiger partial charge in [0.1, 0.15) is 5.75 Å². The SMILES string of the molecule is COc1ccc(NCc2ccc(C(=O)Nc3ccccc3N)cc2)c(C)c1. The van der Waals surface area contributed by atoms with Crippen LogP contribution >= 0.6 is 0 Å². The average molecular weight is 361 g/mol. The first kappa shape index (κ1) is 18.3. The Balaban J connectivity index is 1.62. The van der Waals surface area contributed by atoms with Gasteiger partial charge in [-0.2, -0.15) is 0 Å². The fourth-order valence-corrected chi connectivity index (χ4v) is 2.74. The van der Waals surface area contributed by atoms with E-state index in [0.717, 1.165) is 22.6 Å². The molecule has 3 aromatic carbocycles. The van der Waals surface area contributed by atoms with Crippen LogP contribution in [0.25, 0.3) is 0 Å². The molecule has 0 heterocycles. The molecular weight excluding hydrogens is 338 g/mol. The van der Waals surface area contributed by atoms with Crippen molar-refractivity contribution in [3.05, 3.63) is 83.4 Å². The van der Waals surface area contributed by atoms with E-state index in [1.807, 2.05) is 61.5 Å². The molecule has 5 heteroatoms. The summed E-state index contributed by atoms with van der Waals surface area (Å²) in [4.78, 5) is 12.4. The minimum atomic E-state index is -0.182. The molecule has 0 fully saturated rings. The van der Waals surface area contributed by atoms with E-state index in [1.54, 1.807) is 19.2 Å². The maximum Gasteiger partial charge on any atom is 0.255 e. The molecule has 3 rings (SSSR count). The molecule has 5 nitrogen and oxygen atoms in total. The third-order valence-corrected chi connectivity index (χ3v) is 4.34. The number of carbonyl (C=O) groups is 1. The molecular formula is C22H23N3O2. The molecule has 0 spiro atoms. The Morgan fingerprint density at radius 3 is 2.41 bits per heavy atom. The van der Waals surface area contributed by atoms with E-state index < -0.39 is 0 Å². The van der Waals surface area contributed by atoms with Gasteiger partial charge >= 0.3 is 0 Å². The van der Waals surface area contributed by atoms with E-state index in [2.05, 4.69) is 10.6 Å². The number of nitrogen functional groups attached to an aromatic ring is 1. The van der Waals surface area contributed by atoms with Crippen molar-refractivity contribution in [1.29, 1.82) is 0 Å². The Bertz CT molecular complexity index is 937. The van der Waals surface area contributed by atoms with Gasteiger partial charge in [0.15, 0.2) is 0 Å². The summed E-state index contributed by atoms with van der Waals surface area (Å²) in [6.45, 7) is 2.70. The molecule has 0 saturated heterocycles. The highest BCUT2D eigenvalue weighted by Gasteiger charge is 2.08. The summed E-state index contributed by atoms with van der Waals surface area (Å²) in [5.74, 6) is 0.658. The Morgan fingerprint density at radius 1 is 1.00 bits per heavy atom. The molecule has 0 aliphatic heterocycles. The van der Waals surface area contributed by atoms with Gasteiger partial charge in [-0.3, -0.25) is 4.79 Å². The van der Waals surface area contributed by atoms with E-state index in [-0.39, 0.29) is 5.91 Å². The number of nitrogens with one attached hydrogen (secondary N) is 2. The number of rotatable bonds is 6. The second kappa shape index (κ2) is 8.27. The zero-order valence-electron chi connectivity index (χ0n) is 15.5. The van der Waals surface area contributed by atoms with Gasteiger partial charge in [-0.25, -0.2) is 0 Å². The van der Waals surface area contributed by atoms with Gasteiger partial charge in [0.05, 0.1) is 18.5 Å². The normalized spacial score (nSPS) is 10.3. The van der Waals surface area contributed by atoms with Gasteiger partial charge in [0.2, 0.25) is 0 Å². The van der Waals surface area contributed by atoms with Crippen LogP contribution in [-0.2, 0) is 6.54 Å². The molecule has 0 atom stereocenters. The standard InChI is InChI=1S/C22H23N3O2/c1-15-13-18(27-2)11-12-20(15)24-14-16-7-9-17(10-8-16)22(26)25-21-6-4-3-5-19(21)23/h3-13,24H,14,23H2,1-2H3,(H,25,26). The molecule has 0 aliphatic carbocycles. The van der Waals surface area contributed by atoms with Crippen molar-refractivity contribution < 1.29 is 9.53 Å². The number of nitrogens with two attached hydrogens (primary N) is 1. The Labute approximate surface area is 159 Å². The minimum Gasteiger partial charge on any atom is -0.497 e. The number of para-hydroxylation sites is 2. The molecule has 0 radical (unpaired) electrons. The van der Waals surface area contributed by atoms with Crippen molar-refractivity contribution >= 4 is 23.0 Å². The van der Waals surface area contributed by atoms with Crippen molar-refractivity contribution in [2.45, 2.75) is 13.5 Å². The first-order valence-electron chi connectivity index (χ1n) is 8.70. The molecule has 0 aromatic heterocycles. The lowest BCUT2D eigenvalue weighted by molar-refractivity contribution is 0.102. The lowest BCUT2D eigenvalue weighted by Gasteiger charge is -2.12. The predicted molar refractivity (Wildman–Crippen MR) is 110 cm³/mol. The van der Waals surface area contributed by atoms with E-state index in [1.165, 1.54) is 0 Å². The van der Waals surface area contributed by atoms with Gasteiger partial charge in [0, 0.05) is 17.8 Å². The third kappa shape index (κ3) is 4.58. The number of hydrogen-bond acceptors (Lipinski definition) is 4. The molecule has 4 N–H and O–H groups in total. The zero-order valence-corrected chi connectivity index (χ0v) is 15.5. The van der Waals surface area contributed by atoms with Crippen LogP contribution in [-0.4, -0.2) is 13.0 Å². The summed E-state index contributed by atoms with van der Waals surface area (Å²) < 4.78 is 5.22. The van der Waals surface area contributed by atoms with Crippen LogP contribution in [0.5, 0.6) is 5.75 Å². The summed E-state index contributed by atoms with van der Waals surface area (Å²) in [6.07, 6.45) is 0. The quantitative estimate of drug-likeness (QED) is 0.567. The van der Waals surface area contributed by atoms with Gasteiger partial charge in [-0.15, -0.1) is 0 Å². The summed E-state index contributed by atoms with van der Waals surface area (Å²) in [5, 5.41) is 6.23. The summed E-state index contributed by atoms with van der Waals surface area (Å²) >= 11 is 0. The number of aryl methyl sites for hydroxylation is 1. The van der Waals surface area contributed by atoms with Gasteiger partial charge in [-0.1, -0.05) is 24.3 Å². The first-order valence-corrected chi connectivity index (χ1v) is 8.70. The van der Waals surface area contributed by atoms with E-state index in [4.69, 9.17) is 10.5 Å². The van der Waals surface area contributed by atoms with Gasteiger partial charge < -0.3 is 21.1 Å². The maximum atomic E-state index is 12.4. The molecule has 0 bridgehead atoms. The fourth-order valence-electron chi connectivity index (χ4n) is 2.74. The molecule has 3 aromatic rings. The number of carbonyl (C=O) groups excluding carboxylic acids is 1. The van der Waals surface area contributed by atoms with Crippen LogP contribution in [0.3, 0.4) is 0 Å². The van der Waals surface area contributed by atoms with Crippen molar-refractivity contribution in [2.75, 3.05) is 23.5 Å². The van der Waals surface area contributed by atoms with E-state index >= 15 is 0 Å². The topological polar surface area (TPSA) is 76.4 Å². The summed E-state index contributed by atoms with van der Waals surface area (Å²) in [5.41, 5.74) is 10.9. The Hall–Kier alpha value is -3.47. The largest absolute Gasteiger partial charge is 0.497 e. The molecule has 27 heavy (non-hydrogen) atoms. The van der Waals surface area contributed by atoms with Crippen molar-refractivity contribution in [3.8, 4) is 5.75 Å². The van der Waals surface area contributed by atoms with Crippen LogP contribution in [0.2, 0.25) is 0 Å². The number of benzene rings is 3. The van der Waals surface area contributed by atoms with Crippen LogP contribution in [0.15, 0.2) is 66.7 Å². The number of methoxy groups -OCH3 is 1. The monoisotopic (exact) mass is 361 g/mol. The molecule has 138 valence electrons. The first-order chi connectivity index (χ1) is 13.1. The van der Waals surface area contributed by atoms with Crippen LogP contribution in [0, 0.1) is 6.92 Å². The van der Waals surface area contributed by atoms with E-state index in [9.17, 15) is 4.79 Å². The summed E-state index contributed by atoms with van der Waals surface area (Å²) in [6, 6.07) is 20.6. The van der Waals surface area contributed by atoms with Crippen molar-refractivity contribution in [1.82, 2.24) is 0 Å². The molecule has 0 aliphatic rings. The average Bonchev–Trinajstić information content (AvgIpc) is 2.69. The third-order valence-electron chi connectivity index (χ3n) is 4.34. The highest BCUT2D eigenvalue weighted by molar-refractivity contribution is 6.05. The van der Waals surface area contributed by atoms with Gasteiger partial charge in [0.25, 0.3) is 5.91 Å². The number of hydrogen-bond donors (Lipinski definition) is 3. The fraction of sp³-hybridized carbons (Fsp3) is 0.136. The molecule has 0 saturated carbocycles. The number of amides is 1. The highest BCUT2D eigenvalue weighted by atomic mass is 16.5. The maximum absolute atomic E-state index is 12.4. The Kier molecular flexibility index (Phi) is 5.61. The van der Waals surface area contributed by atoms with Crippen LogP contribution < -0.4 is 21.1 Å². The van der Waals surface area contributed by atoms with Crippen molar-refractivity contribution in [3.63, 3.8) is 0 Å². The second-order valence-corrected chi connectivity index (χ2v) is 6.27. The lowest BCUT2D eigenvalue weighted by Crippen LogP contribution is -2.13. The predicted octanol–water partition coefficient (Wildman–Crippen LogP) is 4.45. The Morgan fingerprint density at radius 2 is 1.74 bits per heavy atom. The molecule has 0 unspecified atom stereocenters. The van der Waals surface area contributed by atoms with Crippen LogP contribution in [0.4, 0.5) is 17.1 Å². The lowest BCUT2D eigenvalue weighted by atomic mass is 10.1. The second-order valence-electron chi connectivity index (χ2n) is 6.27. The van der Waals surface area contributed by atoms with Crippen LogP contribution in [0.1, 0.15) is 21.5 Å². The summed E-state index contributed by atoms with van der Waals surface area (Å²) in [7, 11) is 1.66. The van der Waals surface area contributed by atoms with E-state index in [0.29, 0.717) is 23.5 Å². The number of anilines is 3. The molecule has 1 amide bonds. The number of ether oxygens (including phenoxy) is 1.